The molecule has 0 radical (unpaired) electrons. The van der Waals surface area contributed by atoms with E-state index in [1.165, 1.54) is 5.56 Å². The monoisotopic (exact) mass is 254 g/mol. The maximum Gasteiger partial charge on any atom is 0.0686 e. The fraction of sp³-hybridized carbons (Fsp3) is 0.300. The predicted molar refractivity (Wildman–Crippen MR) is 59.3 cm³/mol. The average Bonchev–Trinajstić information content (AvgIpc) is 2.57. The number of hydrogen-bond acceptors (Lipinski definition) is 2. The zero-order chi connectivity index (χ0) is 10.1. The molecule has 0 saturated heterocycles. The summed E-state index contributed by atoms with van der Waals surface area (Å²) in [4.78, 5) is 0. The maximum absolute atomic E-state index is 8.85. The zero-order valence-corrected chi connectivity index (χ0v) is 9.45. The van der Waals surface area contributed by atoms with Crippen LogP contribution in [0.2, 0.25) is 0 Å². The number of halogens is 1. The Morgan fingerprint density at radius 2 is 2.29 bits per heavy atom. The van der Waals surface area contributed by atoms with Gasteiger partial charge in [0.25, 0.3) is 0 Å². The molecule has 0 amide bonds. The molecule has 0 saturated carbocycles. The Hall–Kier alpha value is -0.870. The molecule has 0 atom stereocenters. The first-order chi connectivity index (χ1) is 6.74. The summed E-state index contributed by atoms with van der Waals surface area (Å²) in [5, 5.41) is 14.2. The molecule has 2 rings (SSSR count). The molecule has 4 heteroatoms. The molecule has 0 spiro atoms. The van der Waals surface area contributed by atoms with E-state index in [1.54, 1.807) is 0 Å². The molecule has 74 valence electrons. The molecule has 14 heavy (non-hydrogen) atoms. The fourth-order valence-electron chi connectivity index (χ4n) is 1.54. The van der Waals surface area contributed by atoms with Crippen LogP contribution in [0.4, 0.5) is 0 Å². The maximum atomic E-state index is 8.85. The van der Waals surface area contributed by atoms with Gasteiger partial charge in [-0.05, 0) is 24.6 Å². The third kappa shape index (κ3) is 1.44. The van der Waals surface area contributed by atoms with Gasteiger partial charge in [-0.3, -0.25) is 4.68 Å². The van der Waals surface area contributed by atoms with Crippen LogP contribution in [0, 0.1) is 6.92 Å². The molecule has 0 fully saturated rings. The molecular formula is C10H11BrN2O. The SMILES string of the molecule is Cc1c(Br)ccc2c1cnn2CCO. The molecule has 3 nitrogen and oxygen atoms in total. The van der Waals surface area contributed by atoms with Gasteiger partial charge < -0.3 is 5.11 Å². The first-order valence-corrected chi connectivity index (χ1v) is 5.25. The third-order valence-corrected chi connectivity index (χ3v) is 3.20. The summed E-state index contributed by atoms with van der Waals surface area (Å²) in [6.07, 6.45) is 1.84. The van der Waals surface area contributed by atoms with Gasteiger partial charge in [-0.1, -0.05) is 15.9 Å². The Morgan fingerprint density at radius 1 is 1.50 bits per heavy atom. The van der Waals surface area contributed by atoms with Gasteiger partial charge in [0.05, 0.1) is 24.9 Å². The second-order valence-corrected chi connectivity index (χ2v) is 4.05. The van der Waals surface area contributed by atoms with Crippen molar-refractivity contribution < 1.29 is 5.11 Å². The average molecular weight is 255 g/mol. The Kier molecular flexibility index (Phi) is 2.56. The molecule has 0 aliphatic heterocycles. The number of rotatable bonds is 2. The van der Waals surface area contributed by atoms with Crippen LogP contribution in [0.25, 0.3) is 10.9 Å². The number of benzene rings is 1. The smallest absolute Gasteiger partial charge is 0.0686 e. The lowest BCUT2D eigenvalue weighted by molar-refractivity contribution is 0.271. The van der Waals surface area contributed by atoms with E-state index < -0.39 is 0 Å². The Labute approximate surface area is 90.5 Å². The van der Waals surface area contributed by atoms with Crippen LogP contribution in [0.15, 0.2) is 22.8 Å². The van der Waals surface area contributed by atoms with Crippen molar-refractivity contribution in [3.05, 3.63) is 28.4 Å². The number of fused-ring (bicyclic) bond motifs is 1. The minimum absolute atomic E-state index is 0.117. The number of aliphatic hydroxyl groups is 1. The van der Waals surface area contributed by atoms with Crippen molar-refractivity contribution in [3.63, 3.8) is 0 Å². The fourth-order valence-corrected chi connectivity index (χ4v) is 1.88. The number of aromatic nitrogens is 2. The highest BCUT2D eigenvalue weighted by molar-refractivity contribution is 9.10. The van der Waals surface area contributed by atoms with Crippen molar-refractivity contribution in [3.8, 4) is 0 Å². The van der Waals surface area contributed by atoms with E-state index >= 15 is 0 Å². The Morgan fingerprint density at radius 3 is 3.00 bits per heavy atom. The van der Waals surface area contributed by atoms with Crippen molar-refractivity contribution >= 4 is 26.8 Å². The van der Waals surface area contributed by atoms with Gasteiger partial charge in [-0.15, -0.1) is 0 Å². The van der Waals surface area contributed by atoms with Crippen molar-refractivity contribution in [2.75, 3.05) is 6.61 Å². The van der Waals surface area contributed by atoms with Crippen molar-refractivity contribution in [2.45, 2.75) is 13.5 Å². The molecule has 0 bridgehead atoms. The van der Waals surface area contributed by atoms with Gasteiger partial charge in [-0.2, -0.15) is 5.10 Å². The number of aryl methyl sites for hydroxylation is 1. The summed E-state index contributed by atoms with van der Waals surface area (Å²) in [5.41, 5.74) is 2.26. The van der Waals surface area contributed by atoms with E-state index in [1.807, 2.05) is 23.0 Å². The summed E-state index contributed by atoms with van der Waals surface area (Å²) in [6.45, 7) is 2.72. The largest absolute Gasteiger partial charge is 0.394 e. The van der Waals surface area contributed by atoms with Gasteiger partial charge in [-0.25, -0.2) is 0 Å². The van der Waals surface area contributed by atoms with Crippen molar-refractivity contribution in [1.29, 1.82) is 0 Å². The van der Waals surface area contributed by atoms with E-state index in [-0.39, 0.29) is 6.61 Å². The van der Waals surface area contributed by atoms with Crippen LogP contribution in [0.1, 0.15) is 5.56 Å². The molecule has 2 aromatic rings. The first kappa shape index (κ1) is 9.68. The minimum Gasteiger partial charge on any atom is -0.394 e. The molecule has 1 N–H and O–H groups in total. The lowest BCUT2D eigenvalue weighted by Gasteiger charge is -2.02. The highest BCUT2D eigenvalue weighted by atomic mass is 79.9. The molecule has 1 heterocycles. The Bertz CT molecular complexity index is 464. The number of nitrogens with zero attached hydrogens (tertiary/aromatic N) is 2. The first-order valence-electron chi connectivity index (χ1n) is 4.45. The number of hydrogen-bond donors (Lipinski definition) is 1. The van der Waals surface area contributed by atoms with Crippen LogP contribution in [0.3, 0.4) is 0 Å². The second kappa shape index (κ2) is 3.71. The van der Waals surface area contributed by atoms with Crippen molar-refractivity contribution in [1.82, 2.24) is 9.78 Å². The molecule has 0 aliphatic carbocycles. The van der Waals surface area contributed by atoms with Crippen LogP contribution in [-0.4, -0.2) is 21.5 Å². The summed E-state index contributed by atoms with van der Waals surface area (Å²) >= 11 is 3.48. The lowest BCUT2D eigenvalue weighted by Crippen LogP contribution is -2.03. The highest BCUT2D eigenvalue weighted by Gasteiger charge is 2.06. The van der Waals surface area contributed by atoms with Gasteiger partial charge in [0.2, 0.25) is 0 Å². The van der Waals surface area contributed by atoms with Crippen LogP contribution >= 0.6 is 15.9 Å². The molecule has 0 aliphatic rings. The topological polar surface area (TPSA) is 38.0 Å². The van der Waals surface area contributed by atoms with Crippen molar-refractivity contribution in [2.24, 2.45) is 0 Å². The Balaban J connectivity index is 2.64. The summed E-state index contributed by atoms with van der Waals surface area (Å²) in [5.74, 6) is 0. The van der Waals surface area contributed by atoms with Crippen LogP contribution in [0.5, 0.6) is 0 Å². The highest BCUT2D eigenvalue weighted by Crippen LogP contribution is 2.25. The van der Waals surface area contributed by atoms with Gasteiger partial charge in [0.15, 0.2) is 0 Å². The minimum atomic E-state index is 0.117. The van der Waals surface area contributed by atoms with E-state index in [0.29, 0.717) is 6.54 Å². The van der Waals surface area contributed by atoms with Crippen LogP contribution in [-0.2, 0) is 6.54 Å². The standard InChI is InChI=1S/C10H11BrN2O/c1-7-8-6-12-13(4-5-14)10(8)3-2-9(7)11/h2-3,6,14H,4-5H2,1H3. The van der Waals surface area contributed by atoms with E-state index in [2.05, 4.69) is 28.0 Å². The summed E-state index contributed by atoms with van der Waals surface area (Å²) in [6, 6.07) is 4.02. The molecular weight excluding hydrogens is 244 g/mol. The third-order valence-electron chi connectivity index (χ3n) is 2.34. The van der Waals surface area contributed by atoms with E-state index in [4.69, 9.17) is 5.11 Å². The van der Waals surface area contributed by atoms with Crippen LogP contribution < -0.4 is 0 Å². The quantitative estimate of drug-likeness (QED) is 0.892. The van der Waals surface area contributed by atoms with E-state index in [0.717, 1.165) is 15.4 Å². The summed E-state index contributed by atoms with van der Waals surface area (Å²) in [7, 11) is 0. The number of aliphatic hydroxyl groups excluding tert-OH is 1. The normalized spacial score (nSPS) is 11.1. The molecule has 0 unspecified atom stereocenters. The second-order valence-electron chi connectivity index (χ2n) is 3.20. The molecule has 1 aromatic carbocycles. The van der Waals surface area contributed by atoms with Gasteiger partial charge in [0, 0.05) is 9.86 Å². The van der Waals surface area contributed by atoms with Gasteiger partial charge >= 0.3 is 0 Å². The lowest BCUT2D eigenvalue weighted by atomic mass is 10.1. The summed E-state index contributed by atoms with van der Waals surface area (Å²) < 4.78 is 2.91. The zero-order valence-electron chi connectivity index (χ0n) is 7.87. The van der Waals surface area contributed by atoms with Gasteiger partial charge in [0.1, 0.15) is 0 Å². The molecule has 1 aromatic heterocycles. The predicted octanol–water partition coefficient (Wildman–Crippen LogP) is 2.10. The van der Waals surface area contributed by atoms with E-state index in [9.17, 15) is 0 Å².